The summed E-state index contributed by atoms with van der Waals surface area (Å²) in [7, 11) is 0. The predicted octanol–water partition coefficient (Wildman–Crippen LogP) is 1.99. The molecule has 0 bridgehead atoms. The molecule has 0 spiro atoms. The molecule has 1 aliphatic rings. The van der Waals surface area contributed by atoms with Crippen molar-refractivity contribution in [2.24, 2.45) is 0 Å². The van der Waals surface area contributed by atoms with Crippen LogP contribution in [-0.4, -0.2) is 46.8 Å². The first kappa shape index (κ1) is 15.8. The van der Waals surface area contributed by atoms with E-state index in [-0.39, 0.29) is 18.3 Å². The molecule has 0 saturated carbocycles. The Hall–Kier alpha value is -1.56. The van der Waals surface area contributed by atoms with Gasteiger partial charge in [0.05, 0.1) is 17.4 Å². The average molecular weight is 327 g/mol. The number of nitrogens with zero attached hydrogens (tertiary/aromatic N) is 3. The summed E-state index contributed by atoms with van der Waals surface area (Å²) in [5, 5.41) is 8.11. The second-order valence-corrected chi connectivity index (χ2v) is 5.13. The van der Waals surface area contributed by atoms with Gasteiger partial charge in [-0.15, -0.1) is 12.4 Å². The Morgan fingerprint density at radius 2 is 2.05 bits per heavy atom. The molecule has 0 unspecified atom stereocenters. The molecule has 1 amide bonds. The van der Waals surface area contributed by atoms with Gasteiger partial charge in [-0.3, -0.25) is 4.79 Å². The molecule has 2 heterocycles. The summed E-state index contributed by atoms with van der Waals surface area (Å²) >= 11 is 5.96. The van der Waals surface area contributed by atoms with E-state index in [9.17, 15) is 4.79 Å². The lowest BCUT2D eigenvalue weighted by atomic mass is 10.2. The summed E-state index contributed by atoms with van der Waals surface area (Å²) in [4.78, 5) is 14.2. The van der Waals surface area contributed by atoms with Gasteiger partial charge in [0, 0.05) is 37.4 Å². The lowest BCUT2D eigenvalue weighted by Crippen LogP contribution is -2.46. The summed E-state index contributed by atoms with van der Waals surface area (Å²) in [5.74, 6) is 0.0276. The largest absolute Gasteiger partial charge is 0.336 e. The van der Waals surface area contributed by atoms with Crippen LogP contribution in [0.5, 0.6) is 0 Å². The van der Waals surface area contributed by atoms with Crippen molar-refractivity contribution in [2.75, 3.05) is 26.2 Å². The molecule has 2 aromatic rings. The molecule has 1 N–H and O–H groups in total. The Morgan fingerprint density at radius 3 is 2.76 bits per heavy atom. The highest BCUT2D eigenvalue weighted by atomic mass is 35.5. The van der Waals surface area contributed by atoms with Crippen LogP contribution in [-0.2, 0) is 0 Å². The lowest BCUT2D eigenvalue weighted by molar-refractivity contribution is 0.0736. The summed E-state index contributed by atoms with van der Waals surface area (Å²) < 4.78 is 1.67. The molecule has 5 nitrogen and oxygen atoms in total. The maximum atomic E-state index is 12.3. The highest BCUT2D eigenvalue weighted by Gasteiger charge is 2.19. The van der Waals surface area contributed by atoms with E-state index in [0.717, 1.165) is 31.9 Å². The average Bonchev–Trinajstić information content (AvgIpc) is 2.97. The Kier molecular flexibility index (Phi) is 5.22. The van der Waals surface area contributed by atoms with Gasteiger partial charge in [-0.1, -0.05) is 17.7 Å². The van der Waals surface area contributed by atoms with E-state index in [1.54, 1.807) is 23.1 Å². The van der Waals surface area contributed by atoms with Gasteiger partial charge < -0.3 is 10.2 Å². The van der Waals surface area contributed by atoms with Crippen LogP contribution in [0.1, 0.15) is 10.4 Å². The number of amides is 1. The Morgan fingerprint density at radius 1 is 1.29 bits per heavy atom. The second-order valence-electron chi connectivity index (χ2n) is 4.70. The van der Waals surface area contributed by atoms with E-state index in [1.165, 1.54) is 0 Å². The van der Waals surface area contributed by atoms with Crippen LogP contribution < -0.4 is 5.32 Å². The summed E-state index contributed by atoms with van der Waals surface area (Å²) in [5.41, 5.74) is 1.45. The summed E-state index contributed by atoms with van der Waals surface area (Å²) in [6, 6.07) is 7.38. The van der Waals surface area contributed by atoms with Crippen molar-refractivity contribution in [3.05, 3.63) is 47.2 Å². The van der Waals surface area contributed by atoms with Gasteiger partial charge >= 0.3 is 0 Å². The van der Waals surface area contributed by atoms with Gasteiger partial charge in [-0.05, 0) is 18.2 Å². The van der Waals surface area contributed by atoms with E-state index in [1.807, 2.05) is 23.1 Å². The van der Waals surface area contributed by atoms with E-state index >= 15 is 0 Å². The van der Waals surface area contributed by atoms with Gasteiger partial charge in [0.25, 0.3) is 5.91 Å². The molecule has 7 heteroatoms. The van der Waals surface area contributed by atoms with Crippen molar-refractivity contribution in [2.45, 2.75) is 0 Å². The minimum atomic E-state index is 0. The van der Waals surface area contributed by atoms with Crippen molar-refractivity contribution in [3.63, 3.8) is 0 Å². The number of carbonyl (C=O) groups excluding carboxylic acids is 1. The molecule has 0 atom stereocenters. The smallest absolute Gasteiger partial charge is 0.257 e. The molecule has 0 radical (unpaired) electrons. The molecular weight excluding hydrogens is 311 g/mol. The molecule has 1 aromatic heterocycles. The number of hydrogen-bond acceptors (Lipinski definition) is 3. The molecule has 1 aromatic carbocycles. The first-order valence-electron chi connectivity index (χ1n) is 6.54. The van der Waals surface area contributed by atoms with Crippen LogP contribution in [0.4, 0.5) is 0 Å². The lowest BCUT2D eigenvalue weighted by Gasteiger charge is -2.26. The zero-order valence-electron chi connectivity index (χ0n) is 11.3. The summed E-state index contributed by atoms with van der Waals surface area (Å²) in [6.07, 6.45) is 3.35. The molecule has 1 aliphatic heterocycles. The molecule has 1 saturated heterocycles. The number of piperazine rings is 1. The van der Waals surface area contributed by atoms with Crippen LogP contribution in [0.15, 0.2) is 36.7 Å². The zero-order valence-corrected chi connectivity index (χ0v) is 12.9. The third-order valence-electron chi connectivity index (χ3n) is 3.31. The second kappa shape index (κ2) is 6.93. The molecule has 0 aliphatic carbocycles. The molecule has 21 heavy (non-hydrogen) atoms. The van der Waals surface area contributed by atoms with Gasteiger partial charge in [-0.25, -0.2) is 4.68 Å². The number of carbonyl (C=O) groups is 1. The fraction of sp³-hybridized carbons (Fsp3) is 0.286. The van der Waals surface area contributed by atoms with E-state index in [2.05, 4.69) is 10.4 Å². The van der Waals surface area contributed by atoms with Crippen molar-refractivity contribution >= 4 is 29.9 Å². The normalized spacial score (nSPS) is 14.6. The van der Waals surface area contributed by atoms with Gasteiger partial charge in [0.1, 0.15) is 0 Å². The minimum absolute atomic E-state index is 0. The maximum Gasteiger partial charge on any atom is 0.257 e. The number of aromatic nitrogens is 2. The number of halogens is 2. The summed E-state index contributed by atoms with van der Waals surface area (Å²) in [6.45, 7) is 3.16. The first-order valence-corrected chi connectivity index (χ1v) is 6.92. The number of benzene rings is 1. The van der Waals surface area contributed by atoms with Crippen LogP contribution in [0.3, 0.4) is 0 Å². The third kappa shape index (κ3) is 3.56. The van der Waals surface area contributed by atoms with Crippen LogP contribution in [0.25, 0.3) is 5.69 Å². The predicted molar refractivity (Wildman–Crippen MR) is 84.6 cm³/mol. The van der Waals surface area contributed by atoms with Crippen LogP contribution in [0.2, 0.25) is 5.02 Å². The molecule has 1 fully saturated rings. The maximum absolute atomic E-state index is 12.3. The van der Waals surface area contributed by atoms with Gasteiger partial charge in [0.2, 0.25) is 0 Å². The van der Waals surface area contributed by atoms with Gasteiger partial charge in [0.15, 0.2) is 0 Å². The molecule has 112 valence electrons. The highest BCUT2D eigenvalue weighted by molar-refractivity contribution is 6.30. The highest BCUT2D eigenvalue weighted by Crippen LogP contribution is 2.15. The monoisotopic (exact) mass is 326 g/mol. The Bertz CT molecular complexity index is 623. The Labute approximate surface area is 134 Å². The van der Waals surface area contributed by atoms with Crippen molar-refractivity contribution in [1.29, 1.82) is 0 Å². The van der Waals surface area contributed by atoms with Crippen LogP contribution >= 0.6 is 24.0 Å². The van der Waals surface area contributed by atoms with E-state index < -0.39 is 0 Å². The SMILES string of the molecule is Cl.O=C(c1cnn(-c2cccc(Cl)c2)c1)N1CCNCC1. The number of hydrogen-bond donors (Lipinski definition) is 1. The Balaban J connectivity index is 0.00000161. The van der Waals surface area contributed by atoms with E-state index in [4.69, 9.17) is 11.6 Å². The van der Waals surface area contributed by atoms with Crippen molar-refractivity contribution in [1.82, 2.24) is 20.0 Å². The van der Waals surface area contributed by atoms with Gasteiger partial charge in [-0.2, -0.15) is 5.10 Å². The topological polar surface area (TPSA) is 50.2 Å². The van der Waals surface area contributed by atoms with Crippen LogP contribution in [0, 0.1) is 0 Å². The number of rotatable bonds is 2. The standard InChI is InChI=1S/C14H15ClN4O.ClH/c15-12-2-1-3-13(8-12)19-10-11(9-17-19)14(20)18-6-4-16-5-7-18;/h1-3,8-10,16H,4-7H2;1H. The molecular formula is C14H16Cl2N4O. The quantitative estimate of drug-likeness (QED) is 0.918. The van der Waals surface area contributed by atoms with E-state index in [0.29, 0.717) is 10.6 Å². The fourth-order valence-corrected chi connectivity index (χ4v) is 2.43. The molecule has 3 rings (SSSR count). The zero-order chi connectivity index (χ0) is 13.9. The first-order chi connectivity index (χ1) is 9.74. The fourth-order valence-electron chi connectivity index (χ4n) is 2.24. The van der Waals surface area contributed by atoms with Crippen molar-refractivity contribution in [3.8, 4) is 5.69 Å². The number of nitrogens with one attached hydrogen (secondary N) is 1. The van der Waals surface area contributed by atoms with Crippen molar-refractivity contribution < 1.29 is 4.79 Å². The third-order valence-corrected chi connectivity index (χ3v) is 3.54. The minimum Gasteiger partial charge on any atom is -0.336 e.